The van der Waals surface area contributed by atoms with E-state index in [0.29, 0.717) is 5.58 Å². The molecule has 92 valence electrons. The van der Waals surface area contributed by atoms with Gasteiger partial charge in [0.15, 0.2) is 11.3 Å². The normalized spacial score (nSPS) is 17.9. The first-order valence-corrected chi connectivity index (χ1v) is 5.44. The number of likely N-dealkylation sites (N-methyl/N-ethyl adjacent to an activating group) is 1. The molecule has 6 heteroatoms. The fraction of sp³-hybridized carbons (Fsp3) is 0.167. The summed E-state index contributed by atoms with van der Waals surface area (Å²) in [5, 5.41) is 0.855. The van der Waals surface area contributed by atoms with Crippen LogP contribution in [0.4, 0.5) is 0 Å². The molecule has 1 unspecified atom stereocenters. The van der Waals surface area contributed by atoms with Gasteiger partial charge < -0.3 is 14.2 Å². The number of amides is 1. The highest BCUT2D eigenvalue weighted by molar-refractivity contribution is 5.96. The summed E-state index contributed by atoms with van der Waals surface area (Å²) in [6, 6.07) is 3.50. The lowest BCUT2D eigenvalue weighted by Gasteiger charge is -2.20. The van der Waals surface area contributed by atoms with Crippen LogP contribution in [0.3, 0.4) is 0 Å². The van der Waals surface area contributed by atoms with Gasteiger partial charge in [-0.1, -0.05) is 0 Å². The minimum absolute atomic E-state index is 0.223. The number of carbonyl (C=O) groups excluding carboxylic acids is 1. The van der Waals surface area contributed by atoms with E-state index in [1.807, 2.05) is 0 Å². The Morgan fingerprint density at radius 1 is 1.56 bits per heavy atom. The number of pyridine rings is 1. The molecule has 0 aliphatic carbocycles. The highest BCUT2D eigenvalue weighted by atomic mass is 16.6. The third-order valence-electron chi connectivity index (χ3n) is 2.79. The van der Waals surface area contributed by atoms with Gasteiger partial charge in [0.25, 0.3) is 5.91 Å². The number of hydrogen-bond donors (Lipinski definition) is 1. The van der Waals surface area contributed by atoms with Gasteiger partial charge in [0.05, 0.1) is 6.20 Å². The third kappa shape index (κ3) is 1.72. The van der Waals surface area contributed by atoms with Crippen molar-refractivity contribution in [3.8, 4) is 0 Å². The van der Waals surface area contributed by atoms with Crippen LogP contribution in [0.25, 0.3) is 11.0 Å². The summed E-state index contributed by atoms with van der Waals surface area (Å²) in [5.74, 6) is 0.0569. The van der Waals surface area contributed by atoms with Crippen molar-refractivity contribution in [2.75, 3.05) is 7.05 Å². The Kier molecular flexibility index (Phi) is 2.49. The Hall–Kier alpha value is -2.34. The van der Waals surface area contributed by atoms with Crippen molar-refractivity contribution >= 4 is 16.9 Å². The molecule has 3 heterocycles. The van der Waals surface area contributed by atoms with Crippen molar-refractivity contribution in [3.05, 3.63) is 42.6 Å². The zero-order chi connectivity index (χ0) is 12.5. The van der Waals surface area contributed by atoms with Crippen molar-refractivity contribution in [1.82, 2.24) is 15.4 Å². The first kappa shape index (κ1) is 10.8. The second-order valence-corrected chi connectivity index (χ2v) is 3.95. The number of aromatic nitrogens is 1. The average Bonchev–Trinajstić information content (AvgIpc) is 3.05. The molecule has 0 saturated carbocycles. The average molecular weight is 245 g/mol. The molecular formula is C12H11N3O3. The zero-order valence-corrected chi connectivity index (χ0v) is 9.66. The van der Waals surface area contributed by atoms with Gasteiger partial charge in [-0.3, -0.25) is 9.78 Å². The monoisotopic (exact) mass is 245 g/mol. The summed E-state index contributed by atoms with van der Waals surface area (Å²) in [7, 11) is 1.67. The standard InChI is InChI=1S/C12H11N3O3/c1-15(11-3-5-17-14-11)12(16)9-6-8-2-4-13-7-10(8)18-9/h2-7,11,14H,1H3. The van der Waals surface area contributed by atoms with Crippen LogP contribution >= 0.6 is 0 Å². The fourth-order valence-electron chi connectivity index (χ4n) is 1.76. The summed E-state index contributed by atoms with van der Waals surface area (Å²) in [6.07, 6.45) is 6.19. The maximum absolute atomic E-state index is 12.2. The van der Waals surface area contributed by atoms with Gasteiger partial charge in [-0.25, -0.2) is 0 Å². The molecule has 6 nitrogen and oxygen atoms in total. The highest BCUT2D eigenvalue weighted by Crippen LogP contribution is 2.19. The van der Waals surface area contributed by atoms with Crippen LogP contribution in [-0.4, -0.2) is 29.0 Å². The molecule has 0 radical (unpaired) electrons. The molecule has 2 aromatic heterocycles. The Morgan fingerprint density at radius 3 is 3.17 bits per heavy atom. The van der Waals surface area contributed by atoms with E-state index in [0.717, 1.165) is 5.39 Å². The number of carbonyl (C=O) groups is 1. The summed E-state index contributed by atoms with van der Waals surface area (Å²) in [4.78, 5) is 22.5. The van der Waals surface area contributed by atoms with Crippen LogP contribution < -0.4 is 5.48 Å². The number of fused-ring (bicyclic) bond motifs is 1. The molecule has 1 amide bonds. The predicted octanol–water partition coefficient (Wildman–Crippen LogP) is 1.27. The Balaban J connectivity index is 1.89. The topological polar surface area (TPSA) is 67.6 Å². The summed E-state index contributed by atoms with van der Waals surface area (Å²) >= 11 is 0. The fourth-order valence-corrected chi connectivity index (χ4v) is 1.76. The van der Waals surface area contributed by atoms with Crippen LogP contribution in [0.15, 0.2) is 41.3 Å². The summed E-state index contributed by atoms with van der Waals surface area (Å²) in [5.41, 5.74) is 3.28. The molecule has 0 saturated heterocycles. The van der Waals surface area contributed by atoms with Crippen LogP contribution in [-0.2, 0) is 4.84 Å². The maximum atomic E-state index is 12.2. The number of furan rings is 1. The minimum atomic E-state index is -0.288. The first-order chi connectivity index (χ1) is 8.75. The Labute approximate surface area is 103 Å². The smallest absolute Gasteiger partial charge is 0.290 e. The van der Waals surface area contributed by atoms with Gasteiger partial charge in [0.1, 0.15) is 12.4 Å². The van der Waals surface area contributed by atoms with Crippen molar-refractivity contribution < 1.29 is 14.0 Å². The summed E-state index contributed by atoms with van der Waals surface area (Å²) < 4.78 is 5.46. The molecule has 0 fully saturated rings. The van der Waals surface area contributed by atoms with Gasteiger partial charge in [0.2, 0.25) is 0 Å². The van der Waals surface area contributed by atoms with Crippen molar-refractivity contribution in [1.29, 1.82) is 0 Å². The molecule has 18 heavy (non-hydrogen) atoms. The number of rotatable bonds is 2. The number of nitrogens with one attached hydrogen (secondary N) is 1. The van der Waals surface area contributed by atoms with Gasteiger partial charge in [-0.05, 0) is 18.2 Å². The lowest BCUT2D eigenvalue weighted by Crippen LogP contribution is -2.42. The maximum Gasteiger partial charge on any atom is 0.290 e. The SMILES string of the molecule is CN(C(=O)c1cc2ccncc2o1)C1C=CON1. The second-order valence-electron chi connectivity index (χ2n) is 3.95. The largest absolute Gasteiger partial charge is 0.449 e. The molecular weight excluding hydrogens is 234 g/mol. The molecule has 3 rings (SSSR count). The van der Waals surface area contributed by atoms with Gasteiger partial charge in [-0.2, -0.15) is 0 Å². The number of hydroxylamine groups is 1. The highest BCUT2D eigenvalue weighted by Gasteiger charge is 2.24. The van der Waals surface area contributed by atoms with E-state index in [4.69, 9.17) is 9.25 Å². The third-order valence-corrected chi connectivity index (χ3v) is 2.79. The van der Waals surface area contributed by atoms with E-state index in [1.54, 1.807) is 37.7 Å². The van der Waals surface area contributed by atoms with E-state index >= 15 is 0 Å². The molecule has 0 bridgehead atoms. The van der Waals surface area contributed by atoms with Gasteiger partial charge >= 0.3 is 0 Å². The lowest BCUT2D eigenvalue weighted by atomic mass is 10.3. The van der Waals surface area contributed by atoms with Crippen LogP contribution in [0.1, 0.15) is 10.6 Å². The molecule has 1 N–H and O–H groups in total. The predicted molar refractivity (Wildman–Crippen MR) is 63.3 cm³/mol. The van der Waals surface area contributed by atoms with E-state index in [1.165, 1.54) is 11.2 Å². The quantitative estimate of drug-likeness (QED) is 0.863. The van der Waals surface area contributed by atoms with Crippen molar-refractivity contribution in [2.45, 2.75) is 6.17 Å². The molecule has 1 atom stereocenters. The van der Waals surface area contributed by atoms with Gasteiger partial charge in [-0.15, -0.1) is 5.48 Å². The molecule has 2 aromatic rings. The van der Waals surface area contributed by atoms with Gasteiger partial charge in [0, 0.05) is 18.6 Å². The molecule has 0 aromatic carbocycles. The van der Waals surface area contributed by atoms with E-state index in [2.05, 4.69) is 10.5 Å². The minimum Gasteiger partial charge on any atom is -0.449 e. The first-order valence-electron chi connectivity index (χ1n) is 5.44. The molecule has 1 aliphatic rings. The summed E-state index contributed by atoms with van der Waals surface area (Å²) in [6.45, 7) is 0. The van der Waals surface area contributed by atoms with E-state index in [-0.39, 0.29) is 17.8 Å². The van der Waals surface area contributed by atoms with Crippen LogP contribution in [0, 0.1) is 0 Å². The van der Waals surface area contributed by atoms with Crippen LogP contribution in [0.5, 0.6) is 0 Å². The molecule has 1 aliphatic heterocycles. The number of nitrogens with zero attached hydrogens (tertiary/aromatic N) is 2. The Morgan fingerprint density at radius 2 is 2.44 bits per heavy atom. The number of hydrogen-bond acceptors (Lipinski definition) is 5. The Bertz CT molecular complexity index is 587. The zero-order valence-electron chi connectivity index (χ0n) is 9.66. The second kappa shape index (κ2) is 4.15. The van der Waals surface area contributed by atoms with Crippen molar-refractivity contribution in [2.24, 2.45) is 0 Å². The molecule has 0 spiro atoms. The van der Waals surface area contributed by atoms with E-state index in [9.17, 15) is 4.79 Å². The lowest BCUT2D eigenvalue weighted by molar-refractivity contribution is 0.0523. The van der Waals surface area contributed by atoms with Crippen molar-refractivity contribution in [3.63, 3.8) is 0 Å². The van der Waals surface area contributed by atoms with E-state index < -0.39 is 0 Å². The van der Waals surface area contributed by atoms with Crippen LogP contribution in [0.2, 0.25) is 0 Å².